The quantitative estimate of drug-likeness (QED) is 0.734. The van der Waals surface area contributed by atoms with E-state index in [9.17, 15) is 13.6 Å². The molecule has 0 radical (unpaired) electrons. The van der Waals surface area contributed by atoms with Gasteiger partial charge in [-0.1, -0.05) is 18.2 Å². The van der Waals surface area contributed by atoms with Gasteiger partial charge in [-0.2, -0.15) is 8.78 Å². The number of halogens is 2. The van der Waals surface area contributed by atoms with E-state index in [1.54, 1.807) is 0 Å². The predicted molar refractivity (Wildman–Crippen MR) is 88.4 cm³/mol. The summed E-state index contributed by atoms with van der Waals surface area (Å²) in [6, 6.07) is 13.6. The van der Waals surface area contributed by atoms with Gasteiger partial charge >= 0.3 is 6.61 Å². The van der Waals surface area contributed by atoms with Gasteiger partial charge < -0.3 is 15.0 Å². The van der Waals surface area contributed by atoms with Crippen molar-refractivity contribution in [3.05, 3.63) is 59.8 Å². The summed E-state index contributed by atoms with van der Waals surface area (Å²) in [5, 5.41) is 3.78. The Bertz CT molecular complexity index is 857. The Balaban J connectivity index is 1.70. The zero-order valence-electron chi connectivity index (χ0n) is 13.0. The Kier molecular flexibility index (Phi) is 4.46. The third-order valence-corrected chi connectivity index (χ3v) is 3.73. The van der Waals surface area contributed by atoms with Gasteiger partial charge in [0.05, 0.1) is 6.42 Å². The van der Waals surface area contributed by atoms with Gasteiger partial charge in [-0.05, 0) is 42.8 Å². The number of rotatable bonds is 5. The van der Waals surface area contributed by atoms with Crippen LogP contribution in [0.15, 0.2) is 48.5 Å². The third kappa shape index (κ3) is 3.53. The minimum atomic E-state index is -2.87. The van der Waals surface area contributed by atoms with Crippen LogP contribution in [0.3, 0.4) is 0 Å². The molecule has 0 spiro atoms. The Morgan fingerprint density at radius 1 is 1.17 bits per heavy atom. The lowest BCUT2D eigenvalue weighted by molar-refractivity contribution is -0.115. The summed E-state index contributed by atoms with van der Waals surface area (Å²) >= 11 is 0. The second-order valence-corrected chi connectivity index (χ2v) is 5.40. The molecule has 3 aromatic rings. The number of carbonyl (C=O) groups excluding carboxylic acids is 1. The highest BCUT2D eigenvalue weighted by Crippen LogP contribution is 2.23. The molecule has 1 amide bonds. The smallest absolute Gasteiger partial charge is 0.387 e. The lowest BCUT2D eigenvalue weighted by Gasteiger charge is -2.08. The minimum Gasteiger partial charge on any atom is -0.435 e. The molecule has 0 aliphatic carbocycles. The van der Waals surface area contributed by atoms with Gasteiger partial charge in [-0.15, -0.1) is 0 Å². The fourth-order valence-electron chi connectivity index (χ4n) is 2.65. The topological polar surface area (TPSA) is 54.1 Å². The first-order valence-electron chi connectivity index (χ1n) is 7.44. The third-order valence-electron chi connectivity index (χ3n) is 3.73. The minimum absolute atomic E-state index is 0.0514. The van der Waals surface area contributed by atoms with E-state index in [0.717, 1.165) is 22.2 Å². The van der Waals surface area contributed by atoms with E-state index >= 15 is 0 Å². The van der Waals surface area contributed by atoms with Gasteiger partial charge in [-0.3, -0.25) is 4.79 Å². The molecule has 0 saturated carbocycles. The van der Waals surface area contributed by atoms with Crippen molar-refractivity contribution in [3.8, 4) is 5.75 Å². The lowest BCUT2D eigenvalue weighted by Crippen LogP contribution is -2.14. The monoisotopic (exact) mass is 330 g/mol. The maximum atomic E-state index is 12.3. The number of hydrogen-bond donors (Lipinski definition) is 2. The number of aromatic amines is 1. The summed E-state index contributed by atoms with van der Waals surface area (Å²) in [7, 11) is 0. The number of hydrogen-bond acceptors (Lipinski definition) is 2. The van der Waals surface area contributed by atoms with E-state index in [1.165, 1.54) is 24.3 Å². The lowest BCUT2D eigenvalue weighted by atomic mass is 10.1. The van der Waals surface area contributed by atoms with Gasteiger partial charge in [0.2, 0.25) is 5.91 Å². The van der Waals surface area contributed by atoms with Gasteiger partial charge in [0.1, 0.15) is 5.75 Å². The highest BCUT2D eigenvalue weighted by atomic mass is 19.3. The van der Waals surface area contributed by atoms with Crippen molar-refractivity contribution in [2.75, 3.05) is 5.32 Å². The molecule has 24 heavy (non-hydrogen) atoms. The number of nitrogens with one attached hydrogen (secondary N) is 2. The number of aryl methyl sites for hydroxylation is 1. The number of para-hydroxylation sites is 1. The van der Waals surface area contributed by atoms with Crippen molar-refractivity contribution in [1.29, 1.82) is 0 Å². The van der Waals surface area contributed by atoms with Gasteiger partial charge in [-0.25, -0.2) is 0 Å². The summed E-state index contributed by atoms with van der Waals surface area (Å²) in [5.74, 6) is -0.124. The highest BCUT2D eigenvalue weighted by molar-refractivity contribution is 5.96. The van der Waals surface area contributed by atoms with Crippen LogP contribution in [-0.2, 0) is 11.2 Å². The van der Waals surface area contributed by atoms with Crippen molar-refractivity contribution in [2.45, 2.75) is 20.0 Å². The van der Waals surface area contributed by atoms with Crippen LogP contribution in [0.25, 0.3) is 10.9 Å². The molecule has 1 aromatic heterocycles. The number of amides is 1. The number of benzene rings is 2. The van der Waals surface area contributed by atoms with E-state index in [-0.39, 0.29) is 18.1 Å². The molecular formula is C18H16F2N2O2. The standard InChI is InChI=1S/C18H16F2N2O2/c1-11-15(14-4-2-3-5-16(14)21-11)10-17(23)22-12-6-8-13(9-7-12)24-18(19)20/h2-9,18,21H,10H2,1H3,(H,22,23). The highest BCUT2D eigenvalue weighted by Gasteiger charge is 2.12. The van der Waals surface area contributed by atoms with Gasteiger partial charge in [0.15, 0.2) is 0 Å². The first-order valence-corrected chi connectivity index (χ1v) is 7.44. The molecule has 0 atom stereocenters. The molecular weight excluding hydrogens is 314 g/mol. The number of carbonyl (C=O) groups is 1. The number of ether oxygens (including phenoxy) is 1. The van der Waals surface area contributed by atoms with Crippen LogP contribution in [0.1, 0.15) is 11.3 Å². The normalized spacial score (nSPS) is 11.0. The van der Waals surface area contributed by atoms with Gasteiger partial charge in [0, 0.05) is 22.3 Å². The molecule has 6 heteroatoms. The zero-order valence-corrected chi connectivity index (χ0v) is 13.0. The van der Waals surface area contributed by atoms with E-state index < -0.39 is 6.61 Å². The van der Waals surface area contributed by atoms with Crippen LogP contribution < -0.4 is 10.1 Å². The Morgan fingerprint density at radius 2 is 1.88 bits per heavy atom. The molecule has 4 nitrogen and oxygen atoms in total. The SMILES string of the molecule is Cc1[nH]c2ccccc2c1CC(=O)Nc1ccc(OC(F)F)cc1. The van der Waals surface area contributed by atoms with Crippen LogP contribution in [0.4, 0.5) is 14.5 Å². The van der Waals surface area contributed by atoms with E-state index in [4.69, 9.17) is 0 Å². The van der Waals surface area contributed by atoms with Gasteiger partial charge in [0.25, 0.3) is 0 Å². The number of alkyl halides is 2. The Morgan fingerprint density at radius 3 is 2.58 bits per heavy atom. The second-order valence-electron chi connectivity index (χ2n) is 5.40. The average molecular weight is 330 g/mol. The summed E-state index contributed by atoms with van der Waals surface area (Å²) < 4.78 is 28.5. The summed E-state index contributed by atoms with van der Waals surface area (Å²) in [6.07, 6.45) is 0.227. The molecule has 0 bridgehead atoms. The Labute approximate surface area is 137 Å². The molecule has 2 aromatic carbocycles. The average Bonchev–Trinajstić information content (AvgIpc) is 2.85. The number of aromatic nitrogens is 1. The van der Waals surface area contributed by atoms with Crippen LogP contribution in [-0.4, -0.2) is 17.5 Å². The van der Waals surface area contributed by atoms with Crippen molar-refractivity contribution >= 4 is 22.5 Å². The maximum Gasteiger partial charge on any atom is 0.387 e. The van der Waals surface area contributed by atoms with Crippen molar-refractivity contribution in [1.82, 2.24) is 4.98 Å². The summed E-state index contributed by atoms with van der Waals surface area (Å²) in [6.45, 7) is -0.936. The predicted octanol–water partition coefficient (Wildman–Crippen LogP) is 4.26. The van der Waals surface area contributed by atoms with E-state index in [1.807, 2.05) is 31.2 Å². The fourth-order valence-corrected chi connectivity index (χ4v) is 2.65. The van der Waals surface area contributed by atoms with Crippen LogP contribution in [0.5, 0.6) is 5.75 Å². The van der Waals surface area contributed by atoms with Crippen LogP contribution in [0, 0.1) is 6.92 Å². The van der Waals surface area contributed by atoms with Crippen molar-refractivity contribution < 1.29 is 18.3 Å². The van der Waals surface area contributed by atoms with Crippen molar-refractivity contribution in [2.24, 2.45) is 0 Å². The zero-order chi connectivity index (χ0) is 17.1. The first kappa shape index (κ1) is 16.0. The molecule has 1 heterocycles. The molecule has 0 unspecified atom stereocenters. The first-order chi connectivity index (χ1) is 11.5. The van der Waals surface area contributed by atoms with Crippen LogP contribution in [0.2, 0.25) is 0 Å². The Hall–Kier alpha value is -2.89. The van der Waals surface area contributed by atoms with Crippen molar-refractivity contribution in [3.63, 3.8) is 0 Å². The summed E-state index contributed by atoms with van der Waals surface area (Å²) in [5.41, 5.74) is 3.41. The molecule has 2 N–H and O–H groups in total. The molecule has 3 rings (SSSR count). The fraction of sp³-hybridized carbons (Fsp3) is 0.167. The second kappa shape index (κ2) is 6.70. The number of fused-ring (bicyclic) bond motifs is 1. The van der Waals surface area contributed by atoms with Crippen LogP contribution >= 0.6 is 0 Å². The summed E-state index contributed by atoms with van der Waals surface area (Å²) in [4.78, 5) is 15.5. The number of anilines is 1. The molecule has 0 aliphatic rings. The largest absolute Gasteiger partial charge is 0.435 e. The molecule has 124 valence electrons. The maximum absolute atomic E-state index is 12.3. The number of H-pyrrole nitrogens is 1. The molecule has 0 fully saturated rings. The molecule has 0 aliphatic heterocycles. The van der Waals surface area contributed by atoms with E-state index in [2.05, 4.69) is 15.0 Å². The van der Waals surface area contributed by atoms with E-state index in [0.29, 0.717) is 5.69 Å². The molecule has 0 saturated heterocycles.